The molecule has 2 rings (SSSR count). The van der Waals surface area contributed by atoms with E-state index in [9.17, 15) is 4.79 Å². The van der Waals surface area contributed by atoms with Gasteiger partial charge in [-0.15, -0.1) is 0 Å². The van der Waals surface area contributed by atoms with Crippen LogP contribution in [0, 0.1) is 11.3 Å². The molecule has 0 saturated heterocycles. The molecule has 1 aromatic rings. The third kappa shape index (κ3) is 2.36. The summed E-state index contributed by atoms with van der Waals surface area (Å²) < 4.78 is 0. The van der Waals surface area contributed by atoms with Crippen LogP contribution in [-0.2, 0) is 13.0 Å². The van der Waals surface area contributed by atoms with E-state index in [-0.39, 0.29) is 6.04 Å². The number of carboxylic acid groups (broad SMARTS) is 1. The summed E-state index contributed by atoms with van der Waals surface area (Å²) in [4.78, 5) is 13.1. The third-order valence-electron chi connectivity index (χ3n) is 3.47. The molecule has 1 N–H and O–H groups in total. The molecular weight excluding hydrogens is 228 g/mol. The highest BCUT2D eigenvalue weighted by molar-refractivity contribution is 5.87. The maximum Gasteiger partial charge on any atom is 0.335 e. The topological polar surface area (TPSA) is 64.3 Å². The van der Waals surface area contributed by atoms with E-state index in [1.165, 1.54) is 5.56 Å². The van der Waals surface area contributed by atoms with Gasteiger partial charge in [-0.1, -0.05) is 13.0 Å². The Labute approximate surface area is 106 Å². The number of rotatable bonds is 3. The number of aromatic carboxylic acids is 1. The van der Waals surface area contributed by atoms with Crippen LogP contribution in [-0.4, -0.2) is 28.6 Å². The van der Waals surface area contributed by atoms with Crippen molar-refractivity contribution >= 4 is 5.97 Å². The Kier molecular flexibility index (Phi) is 3.63. The Balaban J connectivity index is 2.25. The van der Waals surface area contributed by atoms with Crippen molar-refractivity contribution in [1.29, 1.82) is 5.26 Å². The Hall–Kier alpha value is -1.86. The lowest BCUT2D eigenvalue weighted by Crippen LogP contribution is -2.38. The zero-order valence-corrected chi connectivity index (χ0v) is 10.4. The highest BCUT2D eigenvalue weighted by Gasteiger charge is 2.22. The van der Waals surface area contributed by atoms with Crippen LogP contribution in [0.1, 0.15) is 34.8 Å². The van der Waals surface area contributed by atoms with E-state index in [0.29, 0.717) is 12.1 Å². The van der Waals surface area contributed by atoms with Gasteiger partial charge in [-0.05, 0) is 36.1 Å². The second-order valence-electron chi connectivity index (χ2n) is 4.56. The highest BCUT2D eigenvalue weighted by atomic mass is 16.4. The first kappa shape index (κ1) is 12.6. The number of hydrogen-bond donors (Lipinski definition) is 1. The molecule has 1 aromatic carbocycles. The van der Waals surface area contributed by atoms with Crippen LogP contribution in [0.25, 0.3) is 0 Å². The van der Waals surface area contributed by atoms with Crippen LogP contribution in [0.4, 0.5) is 0 Å². The molecule has 0 radical (unpaired) electrons. The average Bonchev–Trinajstić information content (AvgIpc) is 2.39. The minimum Gasteiger partial charge on any atom is -0.478 e. The molecule has 1 atom stereocenters. The number of hydrogen-bond acceptors (Lipinski definition) is 3. The maximum atomic E-state index is 10.9. The Morgan fingerprint density at radius 1 is 1.56 bits per heavy atom. The Bertz CT molecular complexity index is 505. The summed E-state index contributed by atoms with van der Waals surface area (Å²) in [6.07, 6.45) is 1.68. The Morgan fingerprint density at radius 2 is 2.33 bits per heavy atom. The van der Waals surface area contributed by atoms with Gasteiger partial charge in [0.1, 0.15) is 0 Å². The average molecular weight is 244 g/mol. The van der Waals surface area contributed by atoms with E-state index in [0.717, 1.165) is 24.9 Å². The number of carboxylic acids is 1. The monoisotopic (exact) mass is 244 g/mol. The summed E-state index contributed by atoms with van der Waals surface area (Å²) in [5, 5.41) is 18.1. The first-order valence-corrected chi connectivity index (χ1v) is 6.14. The van der Waals surface area contributed by atoms with E-state index < -0.39 is 5.97 Å². The molecule has 1 unspecified atom stereocenters. The summed E-state index contributed by atoms with van der Waals surface area (Å²) in [6.45, 7) is 3.53. The molecule has 0 amide bonds. The SMILES string of the molecule is CCC(C#N)N1CCc2ccc(C(=O)O)cc2C1. The van der Waals surface area contributed by atoms with Gasteiger partial charge in [0.25, 0.3) is 0 Å². The molecule has 4 heteroatoms. The molecule has 0 bridgehead atoms. The minimum absolute atomic E-state index is 0.0772. The number of nitriles is 1. The van der Waals surface area contributed by atoms with Crippen LogP contribution in [0.15, 0.2) is 18.2 Å². The summed E-state index contributed by atoms with van der Waals surface area (Å²) in [6, 6.07) is 7.50. The van der Waals surface area contributed by atoms with Crippen LogP contribution in [0.2, 0.25) is 0 Å². The normalized spacial score (nSPS) is 16.7. The molecule has 4 nitrogen and oxygen atoms in total. The van der Waals surface area contributed by atoms with Gasteiger partial charge >= 0.3 is 5.97 Å². The first-order chi connectivity index (χ1) is 8.65. The van der Waals surface area contributed by atoms with Gasteiger partial charge in [0.15, 0.2) is 0 Å². The van der Waals surface area contributed by atoms with Gasteiger partial charge in [-0.3, -0.25) is 4.90 Å². The molecule has 1 aliphatic heterocycles. The number of benzene rings is 1. The molecule has 18 heavy (non-hydrogen) atoms. The number of nitrogens with zero attached hydrogens (tertiary/aromatic N) is 2. The lowest BCUT2D eigenvalue weighted by molar-refractivity contribution is 0.0696. The molecule has 94 valence electrons. The third-order valence-corrected chi connectivity index (χ3v) is 3.47. The van der Waals surface area contributed by atoms with Crippen molar-refractivity contribution in [3.8, 4) is 6.07 Å². The number of carbonyl (C=O) groups is 1. The summed E-state index contributed by atoms with van der Waals surface area (Å²) in [7, 11) is 0. The second-order valence-corrected chi connectivity index (χ2v) is 4.56. The predicted molar refractivity (Wildman–Crippen MR) is 67.2 cm³/mol. The van der Waals surface area contributed by atoms with Crippen molar-refractivity contribution in [2.24, 2.45) is 0 Å². The fraction of sp³-hybridized carbons (Fsp3) is 0.429. The number of fused-ring (bicyclic) bond motifs is 1. The van der Waals surface area contributed by atoms with Gasteiger partial charge in [0.05, 0.1) is 17.7 Å². The van der Waals surface area contributed by atoms with E-state index in [1.807, 2.05) is 13.0 Å². The van der Waals surface area contributed by atoms with Crippen molar-refractivity contribution < 1.29 is 9.90 Å². The fourth-order valence-corrected chi connectivity index (χ4v) is 2.41. The van der Waals surface area contributed by atoms with Crippen molar-refractivity contribution in [3.63, 3.8) is 0 Å². The summed E-state index contributed by atoms with van der Waals surface area (Å²) in [5.74, 6) is -0.901. The first-order valence-electron chi connectivity index (χ1n) is 6.14. The van der Waals surface area contributed by atoms with Crippen molar-refractivity contribution in [2.45, 2.75) is 32.4 Å². The van der Waals surface area contributed by atoms with Gasteiger partial charge in [-0.2, -0.15) is 5.26 Å². The molecule has 0 saturated carbocycles. The maximum absolute atomic E-state index is 10.9. The van der Waals surface area contributed by atoms with E-state index in [1.54, 1.807) is 12.1 Å². The van der Waals surface area contributed by atoms with E-state index in [2.05, 4.69) is 11.0 Å². The molecular formula is C14H16N2O2. The van der Waals surface area contributed by atoms with Gasteiger partial charge < -0.3 is 5.11 Å². The van der Waals surface area contributed by atoms with Crippen LogP contribution in [0.3, 0.4) is 0 Å². The molecule has 0 aliphatic carbocycles. The zero-order valence-electron chi connectivity index (χ0n) is 10.4. The Morgan fingerprint density at radius 3 is 2.94 bits per heavy atom. The summed E-state index contributed by atoms with van der Waals surface area (Å²) in [5.41, 5.74) is 2.56. The van der Waals surface area contributed by atoms with E-state index >= 15 is 0 Å². The highest BCUT2D eigenvalue weighted by Crippen LogP contribution is 2.22. The lowest BCUT2D eigenvalue weighted by Gasteiger charge is -2.31. The molecule has 0 spiro atoms. The van der Waals surface area contributed by atoms with Crippen molar-refractivity contribution in [3.05, 3.63) is 34.9 Å². The molecule has 1 heterocycles. The smallest absolute Gasteiger partial charge is 0.335 e. The summed E-state index contributed by atoms with van der Waals surface area (Å²) >= 11 is 0. The molecule has 1 aliphatic rings. The largest absolute Gasteiger partial charge is 0.478 e. The second kappa shape index (κ2) is 5.19. The standard InChI is InChI=1S/C14H16N2O2/c1-2-13(8-15)16-6-5-10-3-4-11(14(17)18)7-12(10)9-16/h3-4,7,13H,2,5-6,9H2,1H3,(H,17,18). The fourth-order valence-electron chi connectivity index (χ4n) is 2.41. The van der Waals surface area contributed by atoms with Crippen molar-refractivity contribution in [1.82, 2.24) is 4.90 Å². The van der Waals surface area contributed by atoms with Crippen LogP contribution < -0.4 is 0 Å². The van der Waals surface area contributed by atoms with Crippen molar-refractivity contribution in [2.75, 3.05) is 6.54 Å². The molecule has 0 aromatic heterocycles. The lowest BCUT2D eigenvalue weighted by atomic mass is 9.96. The van der Waals surface area contributed by atoms with Crippen LogP contribution >= 0.6 is 0 Å². The quantitative estimate of drug-likeness (QED) is 0.883. The zero-order chi connectivity index (χ0) is 13.1. The van der Waals surface area contributed by atoms with Gasteiger partial charge in [0.2, 0.25) is 0 Å². The molecule has 0 fully saturated rings. The van der Waals surface area contributed by atoms with Gasteiger partial charge in [0, 0.05) is 13.1 Å². The van der Waals surface area contributed by atoms with Gasteiger partial charge in [-0.25, -0.2) is 4.79 Å². The predicted octanol–water partition coefficient (Wildman–Crippen LogP) is 2.05. The van der Waals surface area contributed by atoms with Crippen LogP contribution in [0.5, 0.6) is 0 Å². The minimum atomic E-state index is -0.901. The van der Waals surface area contributed by atoms with E-state index in [4.69, 9.17) is 10.4 Å².